The molecule has 0 radical (unpaired) electrons. The summed E-state index contributed by atoms with van der Waals surface area (Å²) in [4.78, 5) is 0.0719. The minimum absolute atomic E-state index is 0.0719. The quantitative estimate of drug-likeness (QED) is 0.632. The van der Waals surface area contributed by atoms with Crippen LogP contribution in [0.15, 0.2) is 35.7 Å². The Balaban J connectivity index is 3.20. The first-order valence-electron chi connectivity index (χ1n) is 4.94. The molecule has 1 rings (SSSR count). The SMILES string of the molecule is C=CCN(C)S(=O)(=O)c1ccc(OC)cc1N. The standard InChI is InChI=1S/C11H16N2O3S/c1-4-7-13(2)17(14,15)11-6-5-9(16-3)8-10(11)12/h4-6,8H,1,7,12H2,2-3H3. The number of benzene rings is 1. The van der Waals surface area contributed by atoms with Crippen molar-refractivity contribution >= 4 is 15.7 Å². The summed E-state index contributed by atoms with van der Waals surface area (Å²) in [6.07, 6.45) is 1.51. The predicted octanol–water partition coefficient (Wildman–Crippen LogP) is 1.08. The molecule has 0 saturated heterocycles. The fraction of sp³-hybridized carbons (Fsp3) is 0.273. The van der Waals surface area contributed by atoms with Crippen molar-refractivity contribution in [3.63, 3.8) is 0 Å². The van der Waals surface area contributed by atoms with Gasteiger partial charge in [0.25, 0.3) is 0 Å². The van der Waals surface area contributed by atoms with Gasteiger partial charge in [-0.1, -0.05) is 6.08 Å². The Bertz CT molecular complexity index is 511. The molecule has 5 nitrogen and oxygen atoms in total. The van der Waals surface area contributed by atoms with Gasteiger partial charge in [-0.2, -0.15) is 4.31 Å². The monoisotopic (exact) mass is 256 g/mol. The molecule has 17 heavy (non-hydrogen) atoms. The molecule has 0 aromatic heterocycles. The summed E-state index contributed by atoms with van der Waals surface area (Å²) >= 11 is 0. The maximum atomic E-state index is 12.1. The van der Waals surface area contributed by atoms with Gasteiger partial charge in [0.1, 0.15) is 10.6 Å². The Morgan fingerprint density at radius 2 is 2.18 bits per heavy atom. The van der Waals surface area contributed by atoms with Gasteiger partial charge < -0.3 is 10.5 Å². The van der Waals surface area contributed by atoms with E-state index in [9.17, 15) is 8.42 Å². The summed E-state index contributed by atoms with van der Waals surface area (Å²) in [5.41, 5.74) is 5.87. The maximum absolute atomic E-state index is 12.1. The third-order valence-electron chi connectivity index (χ3n) is 2.29. The van der Waals surface area contributed by atoms with E-state index in [1.54, 1.807) is 6.07 Å². The van der Waals surface area contributed by atoms with Gasteiger partial charge in [-0.3, -0.25) is 0 Å². The van der Waals surface area contributed by atoms with Crippen LogP contribution in [0.25, 0.3) is 0 Å². The van der Waals surface area contributed by atoms with Crippen molar-refractivity contribution in [3.8, 4) is 5.75 Å². The Morgan fingerprint density at radius 3 is 2.65 bits per heavy atom. The molecule has 0 aliphatic heterocycles. The highest BCUT2D eigenvalue weighted by Gasteiger charge is 2.22. The molecule has 0 spiro atoms. The van der Waals surface area contributed by atoms with E-state index in [4.69, 9.17) is 10.5 Å². The van der Waals surface area contributed by atoms with Gasteiger partial charge in [0.2, 0.25) is 10.0 Å². The Morgan fingerprint density at radius 1 is 1.53 bits per heavy atom. The fourth-order valence-corrected chi connectivity index (χ4v) is 2.57. The van der Waals surface area contributed by atoms with Crippen LogP contribution in [0, 0.1) is 0 Å². The second kappa shape index (κ2) is 5.20. The van der Waals surface area contributed by atoms with Crippen LogP contribution < -0.4 is 10.5 Å². The van der Waals surface area contributed by atoms with E-state index in [1.807, 2.05) is 0 Å². The summed E-state index contributed by atoms with van der Waals surface area (Å²) in [5, 5.41) is 0. The number of anilines is 1. The first-order chi connectivity index (χ1) is 7.93. The average Bonchev–Trinajstić information content (AvgIpc) is 2.28. The maximum Gasteiger partial charge on any atom is 0.245 e. The molecule has 1 aromatic carbocycles. The lowest BCUT2D eigenvalue weighted by Crippen LogP contribution is -2.27. The van der Waals surface area contributed by atoms with Crippen LogP contribution in [0.3, 0.4) is 0 Å². The summed E-state index contributed by atoms with van der Waals surface area (Å²) < 4.78 is 30.3. The van der Waals surface area contributed by atoms with Crippen LogP contribution >= 0.6 is 0 Å². The Labute approximate surface area is 102 Å². The van der Waals surface area contributed by atoms with Crippen LogP contribution in [0.5, 0.6) is 5.75 Å². The molecule has 0 aliphatic carbocycles. The zero-order valence-electron chi connectivity index (χ0n) is 9.88. The van der Waals surface area contributed by atoms with Crippen LogP contribution in [-0.4, -0.2) is 33.4 Å². The number of hydrogen-bond acceptors (Lipinski definition) is 4. The smallest absolute Gasteiger partial charge is 0.245 e. The summed E-state index contributed by atoms with van der Waals surface area (Å²) in [6.45, 7) is 3.73. The van der Waals surface area contributed by atoms with Crippen molar-refractivity contribution in [1.29, 1.82) is 0 Å². The third-order valence-corrected chi connectivity index (χ3v) is 4.19. The molecular weight excluding hydrogens is 240 g/mol. The predicted molar refractivity (Wildman–Crippen MR) is 67.4 cm³/mol. The molecule has 6 heteroatoms. The Kier molecular flexibility index (Phi) is 4.14. The van der Waals surface area contributed by atoms with Gasteiger partial charge in [-0.25, -0.2) is 8.42 Å². The lowest BCUT2D eigenvalue weighted by Gasteiger charge is -2.16. The number of nitrogen functional groups attached to an aromatic ring is 1. The normalized spacial score (nSPS) is 11.5. The highest BCUT2D eigenvalue weighted by Crippen LogP contribution is 2.25. The number of sulfonamides is 1. The lowest BCUT2D eigenvalue weighted by atomic mass is 10.3. The van der Waals surface area contributed by atoms with E-state index in [-0.39, 0.29) is 17.1 Å². The molecule has 0 atom stereocenters. The van der Waals surface area contributed by atoms with Crippen LogP contribution in [0.4, 0.5) is 5.69 Å². The number of likely N-dealkylation sites (N-methyl/N-ethyl adjacent to an activating group) is 1. The minimum Gasteiger partial charge on any atom is -0.497 e. The second-order valence-electron chi connectivity index (χ2n) is 3.48. The molecule has 94 valence electrons. The van der Waals surface area contributed by atoms with E-state index in [2.05, 4.69) is 6.58 Å². The first kappa shape index (κ1) is 13.5. The van der Waals surface area contributed by atoms with Crippen molar-refractivity contribution < 1.29 is 13.2 Å². The molecule has 0 saturated carbocycles. The molecular formula is C11H16N2O3S. The van der Waals surface area contributed by atoms with Crippen LogP contribution in [0.2, 0.25) is 0 Å². The zero-order chi connectivity index (χ0) is 13.1. The fourth-order valence-electron chi connectivity index (χ4n) is 1.34. The topological polar surface area (TPSA) is 72.6 Å². The molecule has 0 heterocycles. The summed E-state index contributed by atoms with van der Waals surface area (Å²) in [6, 6.07) is 4.47. The van der Waals surface area contributed by atoms with Gasteiger partial charge in [-0.15, -0.1) is 6.58 Å². The van der Waals surface area contributed by atoms with Crippen LogP contribution in [-0.2, 0) is 10.0 Å². The van der Waals surface area contributed by atoms with Gasteiger partial charge in [0.15, 0.2) is 0 Å². The number of hydrogen-bond donors (Lipinski definition) is 1. The van der Waals surface area contributed by atoms with Crippen molar-refractivity contribution in [2.75, 3.05) is 26.4 Å². The van der Waals surface area contributed by atoms with Crippen molar-refractivity contribution in [1.82, 2.24) is 4.31 Å². The van der Waals surface area contributed by atoms with E-state index in [0.29, 0.717) is 5.75 Å². The summed E-state index contributed by atoms with van der Waals surface area (Å²) in [5.74, 6) is 0.521. The highest BCUT2D eigenvalue weighted by molar-refractivity contribution is 7.89. The molecule has 0 aliphatic rings. The first-order valence-corrected chi connectivity index (χ1v) is 6.38. The summed E-state index contributed by atoms with van der Waals surface area (Å²) in [7, 11) is -0.610. The third kappa shape index (κ3) is 2.78. The largest absolute Gasteiger partial charge is 0.497 e. The van der Waals surface area contributed by atoms with Gasteiger partial charge in [-0.05, 0) is 12.1 Å². The Hall–Kier alpha value is -1.53. The number of rotatable bonds is 5. The minimum atomic E-state index is -3.58. The molecule has 0 fully saturated rings. The van der Waals surface area contributed by atoms with E-state index in [0.717, 1.165) is 0 Å². The van der Waals surface area contributed by atoms with Crippen molar-refractivity contribution in [2.24, 2.45) is 0 Å². The van der Waals surface area contributed by atoms with Crippen molar-refractivity contribution in [2.45, 2.75) is 4.90 Å². The lowest BCUT2D eigenvalue weighted by molar-refractivity contribution is 0.414. The van der Waals surface area contributed by atoms with E-state index < -0.39 is 10.0 Å². The van der Waals surface area contributed by atoms with E-state index >= 15 is 0 Å². The molecule has 2 N–H and O–H groups in total. The van der Waals surface area contributed by atoms with Crippen LogP contribution in [0.1, 0.15) is 0 Å². The number of ether oxygens (including phenoxy) is 1. The second-order valence-corrected chi connectivity index (χ2v) is 5.49. The molecule has 0 unspecified atom stereocenters. The van der Waals surface area contributed by atoms with Gasteiger partial charge in [0.05, 0.1) is 12.8 Å². The average molecular weight is 256 g/mol. The highest BCUT2D eigenvalue weighted by atomic mass is 32.2. The molecule has 1 aromatic rings. The van der Waals surface area contributed by atoms with Gasteiger partial charge >= 0.3 is 0 Å². The number of nitrogens with zero attached hydrogens (tertiary/aromatic N) is 1. The van der Waals surface area contributed by atoms with Gasteiger partial charge in [0, 0.05) is 19.7 Å². The molecule has 0 bridgehead atoms. The molecule has 0 amide bonds. The number of nitrogens with two attached hydrogens (primary N) is 1. The van der Waals surface area contributed by atoms with Crippen molar-refractivity contribution in [3.05, 3.63) is 30.9 Å². The number of methoxy groups -OCH3 is 1. The zero-order valence-corrected chi connectivity index (χ0v) is 10.7. The van der Waals surface area contributed by atoms with E-state index in [1.165, 1.54) is 36.7 Å².